The SMILES string of the molecule is CCc1cccc(CNC[C@@H](O)[C@H](Cc2cc(F)cc(F)c2)N2COC(NS(C)(=O)=O)=C2C)c1. The zero-order valence-electron chi connectivity index (χ0n) is 19.5. The van der Waals surface area contributed by atoms with Crippen LogP contribution in [-0.2, 0) is 34.1 Å². The Morgan fingerprint density at radius 3 is 2.44 bits per heavy atom. The van der Waals surface area contributed by atoms with E-state index in [0.29, 0.717) is 17.8 Å². The highest BCUT2D eigenvalue weighted by molar-refractivity contribution is 7.88. The van der Waals surface area contributed by atoms with Crippen molar-refractivity contribution in [2.45, 2.75) is 45.4 Å². The third-order valence-corrected chi connectivity index (χ3v) is 6.24. The van der Waals surface area contributed by atoms with E-state index >= 15 is 0 Å². The number of sulfonamides is 1. The minimum absolute atomic E-state index is 0.0121. The van der Waals surface area contributed by atoms with E-state index in [4.69, 9.17) is 4.74 Å². The van der Waals surface area contributed by atoms with Gasteiger partial charge in [0.2, 0.25) is 15.9 Å². The molecule has 7 nitrogen and oxygen atoms in total. The van der Waals surface area contributed by atoms with Crippen LogP contribution in [-0.4, -0.2) is 50.1 Å². The van der Waals surface area contributed by atoms with Crippen molar-refractivity contribution < 1.29 is 27.0 Å². The third-order valence-electron chi connectivity index (χ3n) is 5.68. The molecule has 2 aromatic rings. The van der Waals surface area contributed by atoms with E-state index in [9.17, 15) is 22.3 Å². The fourth-order valence-electron chi connectivity index (χ4n) is 3.97. The molecule has 1 heterocycles. The van der Waals surface area contributed by atoms with Crippen molar-refractivity contribution in [3.8, 4) is 0 Å². The van der Waals surface area contributed by atoms with Gasteiger partial charge in [0, 0.05) is 19.2 Å². The normalized spacial score (nSPS) is 15.9. The first kappa shape index (κ1) is 25.9. The molecule has 0 radical (unpaired) electrons. The molecular weight excluding hydrogens is 464 g/mol. The van der Waals surface area contributed by atoms with Crippen LogP contribution in [0.5, 0.6) is 0 Å². The first-order chi connectivity index (χ1) is 16.1. The van der Waals surface area contributed by atoms with Crippen molar-refractivity contribution in [3.63, 3.8) is 0 Å². The van der Waals surface area contributed by atoms with Crippen LogP contribution in [0.3, 0.4) is 0 Å². The number of aryl methyl sites for hydroxylation is 1. The second-order valence-corrected chi connectivity index (χ2v) is 10.2. The van der Waals surface area contributed by atoms with E-state index in [1.807, 2.05) is 12.1 Å². The molecule has 1 aliphatic heterocycles. The molecule has 0 bridgehead atoms. The summed E-state index contributed by atoms with van der Waals surface area (Å²) < 4.78 is 58.7. The van der Waals surface area contributed by atoms with Gasteiger partial charge in [-0.2, -0.15) is 0 Å². The van der Waals surface area contributed by atoms with Crippen LogP contribution in [0.2, 0.25) is 0 Å². The number of hydrogen-bond donors (Lipinski definition) is 3. The smallest absolute Gasteiger partial charge is 0.232 e. The Hall–Kier alpha value is -2.69. The minimum atomic E-state index is -3.56. The van der Waals surface area contributed by atoms with Crippen LogP contribution in [0.15, 0.2) is 54.0 Å². The Labute approximate surface area is 199 Å². The van der Waals surface area contributed by atoms with Crippen LogP contribution in [0.4, 0.5) is 8.78 Å². The van der Waals surface area contributed by atoms with Crippen molar-refractivity contribution in [1.29, 1.82) is 0 Å². The predicted molar refractivity (Wildman–Crippen MR) is 126 cm³/mol. The number of nitrogens with zero attached hydrogens (tertiary/aromatic N) is 1. The fraction of sp³-hybridized carbons (Fsp3) is 0.417. The highest BCUT2D eigenvalue weighted by atomic mass is 32.2. The third kappa shape index (κ3) is 7.15. The Bertz CT molecular complexity index is 1120. The highest BCUT2D eigenvalue weighted by Gasteiger charge is 2.33. The molecule has 2 aromatic carbocycles. The molecule has 186 valence electrons. The molecular formula is C24H31F2N3O4S. The molecule has 0 amide bonds. The Balaban J connectivity index is 1.78. The lowest BCUT2D eigenvalue weighted by atomic mass is 9.99. The number of halogens is 2. The van der Waals surface area contributed by atoms with Crippen molar-refractivity contribution in [3.05, 3.63) is 82.4 Å². The summed E-state index contributed by atoms with van der Waals surface area (Å²) in [5.74, 6) is -1.35. The number of rotatable bonds is 11. The van der Waals surface area contributed by atoms with E-state index in [1.54, 1.807) is 11.8 Å². The lowest BCUT2D eigenvalue weighted by molar-refractivity contribution is 0.0345. The van der Waals surface area contributed by atoms with Gasteiger partial charge in [-0.1, -0.05) is 31.2 Å². The van der Waals surface area contributed by atoms with E-state index < -0.39 is 33.8 Å². The maximum absolute atomic E-state index is 13.8. The molecule has 2 atom stereocenters. The van der Waals surface area contributed by atoms with Crippen LogP contribution in [0, 0.1) is 11.6 Å². The summed E-state index contributed by atoms with van der Waals surface area (Å²) in [5.41, 5.74) is 3.14. The minimum Gasteiger partial charge on any atom is -0.456 e. The number of aliphatic hydroxyl groups excluding tert-OH is 1. The molecule has 0 spiro atoms. The van der Waals surface area contributed by atoms with Gasteiger partial charge in [-0.25, -0.2) is 17.2 Å². The summed E-state index contributed by atoms with van der Waals surface area (Å²) in [5, 5.41) is 14.3. The van der Waals surface area contributed by atoms with E-state index in [0.717, 1.165) is 24.3 Å². The Kier molecular flexibility index (Phi) is 8.51. The molecule has 0 unspecified atom stereocenters. The molecule has 0 aromatic heterocycles. The van der Waals surface area contributed by atoms with Gasteiger partial charge < -0.3 is 20.1 Å². The zero-order valence-corrected chi connectivity index (χ0v) is 20.3. The lowest BCUT2D eigenvalue weighted by Gasteiger charge is -2.33. The summed E-state index contributed by atoms with van der Waals surface area (Å²) in [6.45, 7) is 4.48. The molecule has 0 aliphatic carbocycles. The predicted octanol–water partition coefficient (Wildman–Crippen LogP) is 2.62. The van der Waals surface area contributed by atoms with Gasteiger partial charge >= 0.3 is 0 Å². The molecule has 34 heavy (non-hydrogen) atoms. The van der Waals surface area contributed by atoms with Gasteiger partial charge in [-0.3, -0.25) is 4.72 Å². The van der Waals surface area contributed by atoms with Crippen molar-refractivity contribution in [1.82, 2.24) is 14.9 Å². The largest absolute Gasteiger partial charge is 0.456 e. The number of aliphatic hydroxyl groups is 1. The van der Waals surface area contributed by atoms with E-state index in [2.05, 4.69) is 29.1 Å². The highest BCUT2D eigenvalue weighted by Crippen LogP contribution is 2.25. The molecule has 3 rings (SSSR count). The van der Waals surface area contributed by atoms with Crippen molar-refractivity contribution in [2.75, 3.05) is 19.5 Å². The number of hydrogen-bond acceptors (Lipinski definition) is 6. The summed E-state index contributed by atoms with van der Waals surface area (Å²) >= 11 is 0. The molecule has 0 saturated heterocycles. The maximum atomic E-state index is 13.8. The lowest BCUT2D eigenvalue weighted by Crippen LogP contribution is -2.47. The van der Waals surface area contributed by atoms with Crippen LogP contribution < -0.4 is 10.0 Å². The standard InChI is InChI=1S/C24H31F2N3O4S/c1-4-17-6-5-7-18(8-17)13-27-14-23(30)22(11-19-9-20(25)12-21(26)10-19)29-15-33-24(16(29)2)28-34(3,31)32/h5-10,12,22-23,27-28,30H,4,11,13-15H2,1-3H3/t22-,23+/m0/s1. The fourth-order valence-corrected chi connectivity index (χ4v) is 4.51. The first-order valence-corrected chi connectivity index (χ1v) is 12.9. The van der Waals surface area contributed by atoms with Gasteiger partial charge in [0.15, 0.2) is 6.73 Å². The number of benzene rings is 2. The van der Waals surface area contributed by atoms with Gasteiger partial charge in [0.25, 0.3) is 0 Å². The monoisotopic (exact) mass is 495 g/mol. The molecule has 0 fully saturated rings. The average molecular weight is 496 g/mol. The molecule has 0 saturated carbocycles. The van der Waals surface area contributed by atoms with E-state index in [-0.39, 0.29) is 25.6 Å². The van der Waals surface area contributed by atoms with Crippen molar-refractivity contribution in [2.24, 2.45) is 0 Å². The molecule has 3 N–H and O–H groups in total. The average Bonchev–Trinajstić information content (AvgIpc) is 3.09. The summed E-state index contributed by atoms with van der Waals surface area (Å²) in [7, 11) is -3.56. The maximum Gasteiger partial charge on any atom is 0.232 e. The number of allylic oxidation sites excluding steroid dienone is 1. The molecule has 10 heteroatoms. The quantitative estimate of drug-likeness (QED) is 0.444. The molecule has 1 aliphatic rings. The van der Waals surface area contributed by atoms with Crippen LogP contribution >= 0.6 is 0 Å². The van der Waals surface area contributed by atoms with Gasteiger partial charge in [-0.15, -0.1) is 0 Å². The summed E-state index contributed by atoms with van der Waals surface area (Å²) in [6.07, 6.45) is 1.11. The second kappa shape index (κ2) is 11.2. The number of ether oxygens (including phenoxy) is 1. The van der Waals surface area contributed by atoms with Gasteiger partial charge in [0.1, 0.15) is 11.6 Å². The second-order valence-electron chi connectivity index (χ2n) is 8.45. The van der Waals surface area contributed by atoms with Crippen molar-refractivity contribution >= 4 is 10.0 Å². The summed E-state index contributed by atoms with van der Waals surface area (Å²) in [4.78, 5) is 1.69. The Morgan fingerprint density at radius 2 is 1.79 bits per heavy atom. The summed E-state index contributed by atoms with van der Waals surface area (Å²) in [6, 6.07) is 10.7. The number of nitrogens with one attached hydrogen (secondary N) is 2. The Morgan fingerprint density at radius 1 is 1.12 bits per heavy atom. The van der Waals surface area contributed by atoms with Crippen LogP contribution in [0.25, 0.3) is 0 Å². The van der Waals surface area contributed by atoms with E-state index in [1.165, 1.54) is 17.7 Å². The first-order valence-electron chi connectivity index (χ1n) is 11.1. The van der Waals surface area contributed by atoms with Gasteiger partial charge in [-0.05, 0) is 48.6 Å². The van der Waals surface area contributed by atoms with Gasteiger partial charge in [0.05, 0.1) is 24.1 Å². The van der Waals surface area contributed by atoms with Crippen LogP contribution in [0.1, 0.15) is 30.5 Å². The topological polar surface area (TPSA) is 90.9 Å². The zero-order chi connectivity index (χ0) is 24.9.